The smallest absolute Gasteiger partial charge is 0.227 e. The van der Waals surface area contributed by atoms with E-state index >= 15 is 0 Å². The van der Waals surface area contributed by atoms with Gasteiger partial charge in [-0.05, 0) is 94.2 Å². The van der Waals surface area contributed by atoms with Crippen LogP contribution in [0.2, 0.25) is 0 Å². The molecule has 3 heteroatoms. The predicted octanol–water partition coefficient (Wildman–Crippen LogP) is 4.19. The molecule has 1 fully saturated rings. The predicted molar refractivity (Wildman–Crippen MR) is 115 cm³/mol. The van der Waals surface area contributed by atoms with Crippen LogP contribution in [-0.4, -0.2) is 23.7 Å². The van der Waals surface area contributed by atoms with Gasteiger partial charge in [-0.3, -0.25) is 4.79 Å². The summed E-state index contributed by atoms with van der Waals surface area (Å²) in [6.45, 7) is 12.8. The zero-order valence-electron chi connectivity index (χ0n) is 18.1. The average molecular weight is 380 g/mol. The highest BCUT2D eigenvalue weighted by molar-refractivity contribution is 5.86. The molecule has 0 aliphatic carbocycles. The van der Waals surface area contributed by atoms with Gasteiger partial charge in [0.15, 0.2) is 0 Å². The monoisotopic (exact) mass is 379 g/mol. The van der Waals surface area contributed by atoms with Gasteiger partial charge in [0.1, 0.15) is 0 Å². The second-order valence-electron chi connectivity index (χ2n) is 8.95. The molecule has 0 bridgehead atoms. The molecule has 0 aromatic heterocycles. The zero-order valence-corrected chi connectivity index (χ0v) is 18.1. The Kier molecular flexibility index (Phi) is 5.67. The molecule has 2 N–H and O–H groups in total. The first-order valence-corrected chi connectivity index (χ1v) is 10.2. The van der Waals surface area contributed by atoms with Crippen LogP contribution in [0, 0.1) is 47.0 Å². The molecule has 150 valence electrons. The first-order chi connectivity index (χ1) is 13.1. The number of aryl methyl sites for hydroxylation is 6. The Morgan fingerprint density at radius 1 is 0.857 bits per heavy atom. The Labute approximate surface area is 169 Å². The zero-order chi connectivity index (χ0) is 20.6. The SMILES string of the molecule is Cc1cc(C)c(CC2(Cc3c(C)cc(C)cc3C)C[C@@H](CO)NC2=O)c(C)c1. The number of rotatable bonds is 5. The first-order valence-electron chi connectivity index (χ1n) is 10.2. The van der Waals surface area contributed by atoms with Gasteiger partial charge in [-0.25, -0.2) is 0 Å². The minimum atomic E-state index is -0.525. The molecule has 2 aromatic rings. The molecule has 1 aliphatic rings. The third-order valence-corrected chi connectivity index (χ3v) is 6.39. The van der Waals surface area contributed by atoms with Crippen LogP contribution in [0.4, 0.5) is 0 Å². The molecular formula is C25H33NO2. The van der Waals surface area contributed by atoms with Gasteiger partial charge in [-0.2, -0.15) is 0 Å². The number of hydrogen-bond donors (Lipinski definition) is 2. The summed E-state index contributed by atoms with van der Waals surface area (Å²) in [5.74, 6) is 0.0744. The van der Waals surface area contributed by atoms with E-state index in [4.69, 9.17) is 0 Å². The largest absolute Gasteiger partial charge is 0.394 e. The van der Waals surface area contributed by atoms with Gasteiger partial charge in [-0.15, -0.1) is 0 Å². The van der Waals surface area contributed by atoms with Gasteiger partial charge < -0.3 is 10.4 Å². The van der Waals surface area contributed by atoms with Crippen molar-refractivity contribution in [1.82, 2.24) is 5.32 Å². The molecule has 0 saturated carbocycles. The lowest BCUT2D eigenvalue weighted by Crippen LogP contribution is -2.37. The van der Waals surface area contributed by atoms with E-state index in [0.717, 1.165) is 0 Å². The highest BCUT2D eigenvalue weighted by Gasteiger charge is 2.47. The first kappa shape index (κ1) is 20.6. The number of carbonyl (C=O) groups is 1. The maximum Gasteiger partial charge on any atom is 0.227 e. The van der Waals surface area contributed by atoms with E-state index in [9.17, 15) is 9.90 Å². The van der Waals surface area contributed by atoms with Gasteiger partial charge in [0.25, 0.3) is 0 Å². The lowest BCUT2D eigenvalue weighted by Gasteiger charge is -2.30. The molecule has 0 unspecified atom stereocenters. The fourth-order valence-corrected chi connectivity index (χ4v) is 5.09. The van der Waals surface area contributed by atoms with Crippen molar-refractivity contribution in [2.45, 2.75) is 66.8 Å². The fraction of sp³-hybridized carbons (Fsp3) is 0.480. The van der Waals surface area contributed by atoms with Crippen LogP contribution < -0.4 is 5.32 Å². The second-order valence-corrected chi connectivity index (χ2v) is 8.95. The highest BCUT2D eigenvalue weighted by atomic mass is 16.3. The van der Waals surface area contributed by atoms with Crippen molar-refractivity contribution in [3.8, 4) is 0 Å². The summed E-state index contributed by atoms with van der Waals surface area (Å²) in [7, 11) is 0. The molecule has 1 amide bonds. The fourth-order valence-electron chi connectivity index (χ4n) is 5.09. The van der Waals surface area contributed by atoms with Crippen molar-refractivity contribution >= 4 is 5.91 Å². The number of aliphatic hydroxyl groups is 1. The summed E-state index contributed by atoms with van der Waals surface area (Å²) in [4.78, 5) is 13.2. The van der Waals surface area contributed by atoms with Crippen LogP contribution in [0.1, 0.15) is 50.9 Å². The molecule has 28 heavy (non-hydrogen) atoms. The normalized spacial score (nSPS) is 18.4. The van der Waals surface area contributed by atoms with E-state index in [1.807, 2.05) is 0 Å². The molecule has 0 radical (unpaired) electrons. The topological polar surface area (TPSA) is 49.3 Å². The maximum absolute atomic E-state index is 13.2. The lowest BCUT2D eigenvalue weighted by atomic mass is 9.71. The molecule has 1 heterocycles. The number of hydrogen-bond acceptors (Lipinski definition) is 2. The molecule has 3 nitrogen and oxygen atoms in total. The molecule has 1 aliphatic heterocycles. The minimum absolute atomic E-state index is 0.00872. The Morgan fingerprint density at radius 3 is 1.57 bits per heavy atom. The van der Waals surface area contributed by atoms with E-state index in [0.29, 0.717) is 19.3 Å². The van der Waals surface area contributed by atoms with Gasteiger partial charge >= 0.3 is 0 Å². The third-order valence-electron chi connectivity index (χ3n) is 6.39. The maximum atomic E-state index is 13.2. The van der Waals surface area contributed by atoms with Crippen molar-refractivity contribution < 1.29 is 9.90 Å². The summed E-state index contributed by atoms with van der Waals surface area (Å²) in [5.41, 5.74) is 9.49. The Morgan fingerprint density at radius 2 is 1.25 bits per heavy atom. The van der Waals surface area contributed by atoms with Gasteiger partial charge in [0, 0.05) is 0 Å². The van der Waals surface area contributed by atoms with Crippen molar-refractivity contribution in [1.29, 1.82) is 0 Å². The number of amides is 1. The highest BCUT2D eigenvalue weighted by Crippen LogP contribution is 2.40. The minimum Gasteiger partial charge on any atom is -0.394 e. The quantitative estimate of drug-likeness (QED) is 0.818. The van der Waals surface area contributed by atoms with Crippen molar-refractivity contribution in [2.24, 2.45) is 5.41 Å². The summed E-state index contributed by atoms with van der Waals surface area (Å²) in [5, 5.41) is 12.8. The van der Waals surface area contributed by atoms with E-state index in [-0.39, 0.29) is 18.6 Å². The molecule has 1 atom stereocenters. The van der Waals surface area contributed by atoms with Crippen LogP contribution in [0.5, 0.6) is 0 Å². The van der Waals surface area contributed by atoms with Crippen molar-refractivity contribution in [3.05, 3.63) is 68.8 Å². The average Bonchev–Trinajstić information content (AvgIpc) is 2.90. The van der Waals surface area contributed by atoms with E-state index in [1.165, 1.54) is 44.5 Å². The molecule has 2 aromatic carbocycles. The van der Waals surface area contributed by atoms with Crippen LogP contribution >= 0.6 is 0 Å². The van der Waals surface area contributed by atoms with E-state index < -0.39 is 5.41 Å². The van der Waals surface area contributed by atoms with Crippen LogP contribution in [0.25, 0.3) is 0 Å². The van der Waals surface area contributed by atoms with E-state index in [1.54, 1.807) is 0 Å². The lowest BCUT2D eigenvalue weighted by molar-refractivity contribution is -0.127. The van der Waals surface area contributed by atoms with Crippen LogP contribution in [0.15, 0.2) is 24.3 Å². The van der Waals surface area contributed by atoms with E-state index in [2.05, 4.69) is 71.1 Å². The van der Waals surface area contributed by atoms with Gasteiger partial charge in [0.05, 0.1) is 18.1 Å². The number of benzene rings is 2. The number of aliphatic hydroxyl groups excluding tert-OH is 1. The second kappa shape index (κ2) is 7.71. The molecule has 3 rings (SSSR count). The van der Waals surface area contributed by atoms with Gasteiger partial charge in [-0.1, -0.05) is 35.4 Å². The molecular weight excluding hydrogens is 346 g/mol. The summed E-state index contributed by atoms with van der Waals surface area (Å²) >= 11 is 0. The number of nitrogens with one attached hydrogen (secondary N) is 1. The summed E-state index contributed by atoms with van der Waals surface area (Å²) in [6, 6.07) is 8.65. The molecule has 0 spiro atoms. The number of carbonyl (C=O) groups excluding carboxylic acids is 1. The Bertz CT molecular complexity index is 807. The Hall–Kier alpha value is -2.13. The van der Waals surface area contributed by atoms with Crippen LogP contribution in [-0.2, 0) is 17.6 Å². The van der Waals surface area contributed by atoms with Crippen molar-refractivity contribution in [3.63, 3.8) is 0 Å². The third kappa shape index (κ3) is 3.86. The van der Waals surface area contributed by atoms with Gasteiger partial charge in [0.2, 0.25) is 5.91 Å². The Balaban J connectivity index is 2.07. The standard InChI is InChI=1S/C25H33NO2/c1-15-7-17(3)22(18(4)8-15)12-25(11-21(14-27)26-24(25)28)13-23-19(5)9-16(2)10-20(23)6/h7-10,21,27H,11-14H2,1-6H3,(H,26,28)/t21-/m0/s1. The molecule has 1 saturated heterocycles. The van der Waals surface area contributed by atoms with Crippen molar-refractivity contribution in [2.75, 3.05) is 6.61 Å². The summed E-state index contributed by atoms with van der Waals surface area (Å²) < 4.78 is 0. The summed E-state index contributed by atoms with van der Waals surface area (Å²) in [6.07, 6.45) is 2.09. The van der Waals surface area contributed by atoms with Crippen LogP contribution in [0.3, 0.4) is 0 Å².